The van der Waals surface area contributed by atoms with E-state index in [4.69, 9.17) is 32.7 Å². The summed E-state index contributed by atoms with van der Waals surface area (Å²) in [6.07, 6.45) is 0. The third kappa shape index (κ3) is 4.89. The van der Waals surface area contributed by atoms with Gasteiger partial charge in [-0.1, -0.05) is 47.5 Å². The van der Waals surface area contributed by atoms with Crippen LogP contribution in [0.3, 0.4) is 0 Å². The Bertz CT molecular complexity index is 1110. The summed E-state index contributed by atoms with van der Waals surface area (Å²) in [6, 6.07) is 9.18. The summed E-state index contributed by atoms with van der Waals surface area (Å²) in [7, 11) is -4.65. The molecule has 182 valence electrons. The SMILES string of the molecule is CCOC(=O)C1C(c2cccc(Cl)c2)N(N=O)C(c2cccc(Cl)c2)C(C(=O)OCC)S1(=O)=O. The number of hydrogen-bond acceptors (Lipinski definition) is 8. The van der Waals surface area contributed by atoms with Crippen LogP contribution in [-0.2, 0) is 28.9 Å². The molecule has 1 aliphatic rings. The van der Waals surface area contributed by atoms with Gasteiger partial charge in [0.15, 0.2) is 20.3 Å². The Morgan fingerprint density at radius 2 is 1.29 bits per heavy atom. The summed E-state index contributed by atoms with van der Waals surface area (Å²) in [5.41, 5.74) is 0.450. The number of carbonyl (C=O) groups excluding carboxylic acids is 2. The number of nitrogens with zero attached hydrogens (tertiary/aromatic N) is 2. The Kier molecular flexibility index (Phi) is 8.17. The maximum atomic E-state index is 13.9. The van der Waals surface area contributed by atoms with Gasteiger partial charge in [0.1, 0.15) is 12.1 Å². The predicted octanol–water partition coefficient (Wildman–Crippen LogP) is 4.05. The molecule has 9 nitrogen and oxygen atoms in total. The van der Waals surface area contributed by atoms with Crippen molar-refractivity contribution in [2.75, 3.05) is 13.2 Å². The Morgan fingerprint density at radius 1 is 0.882 bits per heavy atom. The van der Waals surface area contributed by atoms with Crippen molar-refractivity contribution in [1.82, 2.24) is 5.01 Å². The largest absolute Gasteiger partial charge is 0.465 e. The molecule has 2 aromatic rings. The third-order valence-corrected chi connectivity index (χ3v) is 8.15. The van der Waals surface area contributed by atoms with Crippen molar-refractivity contribution in [3.8, 4) is 0 Å². The van der Waals surface area contributed by atoms with E-state index in [1.165, 1.54) is 38.1 Å². The molecule has 0 spiro atoms. The molecule has 2 aromatic carbocycles. The maximum absolute atomic E-state index is 13.9. The fraction of sp³-hybridized carbons (Fsp3) is 0.364. The minimum absolute atomic E-state index is 0.122. The highest BCUT2D eigenvalue weighted by Crippen LogP contribution is 2.47. The number of halogens is 2. The van der Waals surface area contributed by atoms with E-state index < -0.39 is 44.4 Å². The first kappa shape index (κ1) is 25.9. The van der Waals surface area contributed by atoms with Crippen molar-refractivity contribution in [3.63, 3.8) is 0 Å². The van der Waals surface area contributed by atoms with Crippen molar-refractivity contribution in [2.24, 2.45) is 5.29 Å². The van der Waals surface area contributed by atoms with Crippen LogP contribution in [0.2, 0.25) is 10.0 Å². The summed E-state index contributed by atoms with van der Waals surface area (Å²) in [6.45, 7) is 2.77. The molecular formula is C22H22Cl2N2O7S. The van der Waals surface area contributed by atoms with Gasteiger partial charge in [-0.2, -0.15) is 0 Å². The second-order valence-electron chi connectivity index (χ2n) is 7.40. The Labute approximate surface area is 206 Å². The molecule has 0 amide bonds. The van der Waals surface area contributed by atoms with Gasteiger partial charge in [0.05, 0.1) is 18.5 Å². The Morgan fingerprint density at radius 3 is 1.62 bits per heavy atom. The van der Waals surface area contributed by atoms with Gasteiger partial charge in [-0.3, -0.25) is 9.59 Å². The van der Waals surface area contributed by atoms with Crippen LogP contribution in [0.4, 0.5) is 0 Å². The first-order valence-corrected chi connectivity index (χ1v) is 12.7. The van der Waals surface area contributed by atoms with Crippen molar-refractivity contribution in [3.05, 3.63) is 74.6 Å². The van der Waals surface area contributed by atoms with Crippen LogP contribution in [0.5, 0.6) is 0 Å². The van der Waals surface area contributed by atoms with Crippen LogP contribution in [-0.4, -0.2) is 49.1 Å². The number of ether oxygens (including phenoxy) is 2. The molecule has 0 aliphatic carbocycles. The van der Waals surface area contributed by atoms with Crippen molar-refractivity contribution >= 4 is 45.0 Å². The highest BCUT2D eigenvalue weighted by atomic mass is 35.5. The second-order valence-corrected chi connectivity index (χ2v) is 10.5. The van der Waals surface area contributed by atoms with E-state index in [9.17, 15) is 22.9 Å². The highest BCUT2D eigenvalue weighted by molar-refractivity contribution is 7.94. The van der Waals surface area contributed by atoms with Crippen molar-refractivity contribution in [1.29, 1.82) is 0 Å². The molecule has 0 saturated carbocycles. The van der Waals surface area contributed by atoms with Crippen LogP contribution in [0.15, 0.2) is 53.8 Å². The van der Waals surface area contributed by atoms with Gasteiger partial charge in [0, 0.05) is 10.0 Å². The van der Waals surface area contributed by atoms with Crippen LogP contribution < -0.4 is 0 Å². The number of esters is 2. The van der Waals surface area contributed by atoms with Gasteiger partial charge < -0.3 is 9.47 Å². The zero-order chi connectivity index (χ0) is 25.0. The summed E-state index contributed by atoms with van der Waals surface area (Å²) < 4.78 is 37.9. The minimum atomic E-state index is -4.65. The zero-order valence-corrected chi connectivity index (χ0v) is 20.6. The molecule has 4 unspecified atom stereocenters. The summed E-state index contributed by atoms with van der Waals surface area (Å²) in [5, 5.41) is 0.557. The number of hydrogen-bond donors (Lipinski definition) is 0. The average molecular weight is 529 g/mol. The monoisotopic (exact) mass is 528 g/mol. The van der Waals surface area contributed by atoms with Crippen LogP contribution in [0, 0.1) is 4.91 Å². The lowest BCUT2D eigenvalue weighted by molar-refractivity contribution is -0.147. The molecule has 0 radical (unpaired) electrons. The number of carbonyl (C=O) groups is 2. The van der Waals surface area contributed by atoms with E-state index >= 15 is 0 Å². The fourth-order valence-corrected chi connectivity index (χ4v) is 6.75. The van der Waals surface area contributed by atoms with E-state index in [2.05, 4.69) is 5.29 Å². The quantitative estimate of drug-likeness (QED) is 0.389. The van der Waals surface area contributed by atoms with E-state index in [0.717, 1.165) is 5.01 Å². The lowest BCUT2D eigenvalue weighted by atomic mass is 9.95. The van der Waals surface area contributed by atoms with Crippen LogP contribution in [0.25, 0.3) is 0 Å². The number of nitroso groups, excluding NO2 is 1. The lowest BCUT2D eigenvalue weighted by Gasteiger charge is -2.44. The zero-order valence-electron chi connectivity index (χ0n) is 18.3. The Balaban J connectivity index is 2.35. The molecule has 0 aromatic heterocycles. The molecule has 0 N–H and O–H groups in total. The minimum Gasteiger partial charge on any atom is -0.465 e. The van der Waals surface area contributed by atoms with E-state index in [1.807, 2.05) is 0 Å². The maximum Gasteiger partial charge on any atom is 0.326 e. The standard InChI is InChI=1S/C22H22Cl2N2O7S/c1-3-32-21(27)19-17(13-7-5-9-15(23)11-13)26(25-29)18(14-8-6-10-16(24)12-14)20(34(19,30)31)22(28)33-4-2/h5-12,17-20H,3-4H2,1-2H3. The number of benzene rings is 2. The summed E-state index contributed by atoms with van der Waals surface area (Å²) in [5.74, 6) is -2.25. The second kappa shape index (κ2) is 10.7. The summed E-state index contributed by atoms with van der Waals surface area (Å²) in [4.78, 5) is 38.2. The molecule has 1 fully saturated rings. The molecule has 1 heterocycles. The van der Waals surface area contributed by atoms with Gasteiger partial charge in [-0.15, -0.1) is 4.91 Å². The first-order valence-electron chi connectivity index (χ1n) is 10.4. The smallest absolute Gasteiger partial charge is 0.326 e. The fourth-order valence-electron chi connectivity index (χ4n) is 4.08. The molecule has 3 rings (SSSR count). The van der Waals surface area contributed by atoms with Gasteiger partial charge in [0.2, 0.25) is 0 Å². The average Bonchev–Trinajstić information content (AvgIpc) is 2.77. The molecular weight excluding hydrogens is 507 g/mol. The molecule has 12 heteroatoms. The van der Waals surface area contributed by atoms with Crippen molar-refractivity contribution in [2.45, 2.75) is 36.4 Å². The molecule has 4 atom stereocenters. The van der Waals surface area contributed by atoms with Crippen LogP contribution >= 0.6 is 23.2 Å². The highest BCUT2D eigenvalue weighted by Gasteiger charge is 2.61. The molecule has 34 heavy (non-hydrogen) atoms. The van der Waals surface area contributed by atoms with Gasteiger partial charge in [-0.05, 0) is 49.2 Å². The molecule has 1 saturated heterocycles. The predicted molar refractivity (Wildman–Crippen MR) is 126 cm³/mol. The lowest BCUT2D eigenvalue weighted by Crippen LogP contribution is -2.59. The van der Waals surface area contributed by atoms with Crippen LogP contribution in [0.1, 0.15) is 37.1 Å². The number of sulfone groups is 1. The first-order chi connectivity index (χ1) is 16.2. The third-order valence-electron chi connectivity index (χ3n) is 5.36. The van der Waals surface area contributed by atoms with E-state index in [-0.39, 0.29) is 34.4 Å². The van der Waals surface area contributed by atoms with Gasteiger partial charge >= 0.3 is 11.9 Å². The van der Waals surface area contributed by atoms with E-state index in [1.54, 1.807) is 24.3 Å². The number of rotatable bonds is 7. The Hall–Kier alpha value is -2.69. The molecule has 1 aliphatic heterocycles. The summed E-state index contributed by atoms with van der Waals surface area (Å²) >= 11 is 12.2. The topological polar surface area (TPSA) is 119 Å². The van der Waals surface area contributed by atoms with Gasteiger partial charge in [0.25, 0.3) is 0 Å². The van der Waals surface area contributed by atoms with Crippen molar-refractivity contribution < 1.29 is 27.5 Å². The normalized spacial score (nSPS) is 23.7. The van der Waals surface area contributed by atoms with E-state index in [0.29, 0.717) is 0 Å². The van der Waals surface area contributed by atoms with Gasteiger partial charge in [-0.25, -0.2) is 13.4 Å². The molecule has 0 bridgehead atoms.